The highest BCUT2D eigenvalue weighted by Gasteiger charge is 2.43. The van der Waals surface area contributed by atoms with Gasteiger partial charge in [0.05, 0.1) is 30.7 Å². The molecule has 3 rings (SSSR count). The van der Waals surface area contributed by atoms with E-state index >= 15 is 0 Å². The topological polar surface area (TPSA) is 117 Å². The van der Waals surface area contributed by atoms with Gasteiger partial charge in [0.15, 0.2) is 0 Å². The molecule has 1 aromatic carbocycles. The lowest BCUT2D eigenvalue weighted by Crippen LogP contribution is -2.56. The van der Waals surface area contributed by atoms with Crippen molar-refractivity contribution in [3.63, 3.8) is 0 Å². The third-order valence-electron chi connectivity index (χ3n) is 12.7. The Morgan fingerprint density at radius 2 is 1.51 bits per heavy atom. The van der Waals surface area contributed by atoms with Crippen LogP contribution in [-0.2, 0) is 39.9 Å². The van der Waals surface area contributed by atoms with E-state index in [0.717, 1.165) is 32.1 Å². The van der Waals surface area contributed by atoms with Crippen LogP contribution >= 0.6 is 0 Å². The fraction of sp³-hybridized carbons (Fsp3) is 0.750. The maximum atomic E-state index is 14.4. The van der Waals surface area contributed by atoms with Gasteiger partial charge in [-0.3, -0.25) is 24.0 Å². The molecular formula is C44H72N4O7. The molecule has 0 spiro atoms. The first-order valence-corrected chi connectivity index (χ1v) is 20.8. The minimum atomic E-state index is -0.579. The standard InChI is InChI=1S/C44H72N4O7/c1-12-30(5)42(45(9)44(53)36(29(3)4)26-40(51)47-23-22-46(33(8)49)28-31(47)6)39(54-10)27-41(52)48-21-17-20-37(48)43(55-11)32(7)38(50)25-34(13-2)24-35-18-15-14-16-19-35/h14-16,18-19,29-32,34,36-37,39,42-43H,12-13,17,20-28H2,1-11H3/t30-,31-,32-,34+,36-,37-,39+,42-,43+/m0/s1. The third-order valence-corrected chi connectivity index (χ3v) is 12.7. The number of piperazine rings is 1. The number of hydrogen-bond donors (Lipinski definition) is 0. The van der Waals surface area contributed by atoms with Crippen LogP contribution < -0.4 is 0 Å². The number of nitrogens with zero attached hydrogens (tertiary/aromatic N) is 4. The van der Waals surface area contributed by atoms with Gasteiger partial charge in [0.2, 0.25) is 23.6 Å². The molecule has 2 fully saturated rings. The monoisotopic (exact) mass is 769 g/mol. The zero-order valence-electron chi connectivity index (χ0n) is 35.8. The summed E-state index contributed by atoms with van der Waals surface area (Å²) in [7, 11) is 5.01. The molecule has 0 N–H and O–H groups in total. The van der Waals surface area contributed by atoms with Crippen LogP contribution in [0.1, 0.15) is 106 Å². The van der Waals surface area contributed by atoms with E-state index in [1.165, 1.54) is 5.56 Å². The quantitative estimate of drug-likeness (QED) is 0.163. The molecule has 4 amide bonds. The Balaban J connectivity index is 1.73. The van der Waals surface area contributed by atoms with Crippen LogP contribution in [0, 0.1) is 29.6 Å². The largest absolute Gasteiger partial charge is 0.379 e. The number of likely N-dealkylation sites (N-methyl/N-ethyl adjacent to an activating group) is 1. The van der Waals surface area contributed by atoms with Crippen LogP contribution in [0.5, 0.6) is 0 Å². The van der Waals surface area contributed by atoms with Crippen LogP contribution in [0.2, 0.25) is 0 Å². The maximum Gasteiger partial charge on any atom is 0.226 e. The van der Waals surface area contributed by atoms with Crippen molar-refractivity contribution in [3.05, 3.63) is 35.9 Å². The van der Waals surface area contributed by atoms with E-state index < -0.39 is 24.2 Å². The van der Waals surface area contributed by atoms with Crippen molar-refractivity contribution in [2.75, 3.05) is 47.4 Å². The highest BCUT2D eigenvalue weighted by molar-refractivity contribution is 5.87. The van der Waals surface area contributed by atoms with Crippen LogP contribution in [0.25, 0.3) is 0 Å². The molecule has 0 radical (unpaired) electrons. The molecule has 1 aromatic rings. The fourth-order valence-corrected chi connectivity index (χ4v) is 8.91. The predicted molar refractivity (Wildman–Crippen MR) is 216 cm³/mol. The number of Topliss-reactive ketones (excluding diaryl/α,β-unsaturated/α-hetero) is 1. The predicted octanol–water partition coefficient (Wildman–Crippen LogP) is 5.88. The third kappa shape index (κ3) is 12.1. The molecule has 11 heteroatoms. The molecule has 310 valence electrons. The summed E-state index contributed by atoms with van der Waals surface area (Å²) in [4.78, 5) is 75.1. The van der Waals surface area contributed by atoms with Gasteiger partial charge in [0.25, 0.3) is 0 Å². The van der Waals surface area contributed by atoms with Gasteiger partial charge in [-0.1, -0.05) is 84.7 Å². The first-order valence-electron chi connectivity index (χ1n) is 20.8. The lowest BCUT2D eigenvalue weighted by Gasteiger charge is -2.42. The van der Waals surface area contributed by atoms with Gasteiger partial charge in [-0.25, -0.2) is 0 Å². The van der Waals surface area contributed by atoms with Gasteiger partial charge in [0, 0.05) is 85.1 Å². The summed E-state index contributed by atoms with van der Waals surface area (Å²) >= 11 is 0. The summed E-state index contributed by atoms with van der Waals surface area (Å²) < 4.78 is 12.1. The highest BCUT2D eigenvalue weighted by atomic mass is 16.5. The fourth-order valence-electron chi connectivity index (χ4n) is 8.91. The molecule has 0 bridgehead atoms. The zero-order valence-corrected chi connectivity index (χ0v) is 35.8. The van der Waals surface area contributed by atoms with Crippen molar-refractivity contribution in [3.8, 4) is 0 Å². The lowest BCUT2D eigenvalue weighted by molar-refractivity contribution is -0.151. The first kappa shape index (κ1) is 46.1. The van der Waals surface area contributed by atoms with Gasteiger partial charge in [-0.05, 0) is 49.5 Å². The molecule has 2 heterocycles. The number of benzene rings is 1. The number of methoxy groups -OCH3 is 2. The summed E-state index contributed by atoms with van der Waals surface area (Å²) in [5.41, 5.74) is 1.23. The number of hydrogen-bond acceptors (Lipinski definition) is 7. The smallest absolute Gasteiger partial charge is 0.226 e. The SMILES string of the molecule is CC[C@@H](CC(=O)[C@H](C)[C@@H](OC)[C@@H]1CCCN1C(=O)C[C@@H](OC)[C@H]([C@@H](C)CC)N(C)C(=O)[C@@H](CC(=O)N1CCN(C(C)=O)C[C@@H]1C)C(C)C)Cc1ccccc1. The van der Waals surface area contributed by atoms with Crippen molar-refractivity contribution in [1.82, 2.24) is 19.6 Å². The molecular weight excluding hydrogens is 697 g/mol. The molecule has 55 heavy (non-hydrogen) atoms. The first-order chi connectivity index (χ1) is 26.1. The Morgan fingerprint density at radius 1 is 0.855 bits per heavy atom. The number of ether oxygens (including phenoxy) is 2. The number of ketones is 1. The Kier molecular flexibility index (Phi) is 18.3. The number of carbonyl (C=O) groups excluding carboxylic acids is 5. The molecule has 0 aliphatic carbocycles. The van der Waals surface area contributed by atoms with E-state index in [0.29, 0.717) is 32.6 Å². The molecule has 2 aliphatic rings. The normalized spacial score (nSPS) is 21.4. The Bertz CT molecular complexity index is 1410. The van der Waals surface area contributed by atoms with E-state index in [2.05, 4.69) is 32.9 Å². The van der Waals surface area contributed by atoms with E-state index in [1.807, 2.05) is 50.8 Å². The van der Waals surface area contributed by atoms with Gasteiger partial charge in [-0.15, -0.1) is 0 Å². The van der Waals surface area contributed by atoms with Crippen molar-refractivity contribution in [2.45, 2.75) is 137 Å². The van der Waals surface area contributed by atoms with Crippen LogP contribution in [0.15, 0.2) is 30.3 Å². The summed E-state index contributed by atoms with van der Waals surface area (Å²) in [6, 6.07) is 9.50. The van der Waals surface area contributed by atoms with Crippen molar-refractivity contribution < 1.29 is 33.4 Å². The van der Waals surface area contributed by atoms with Crippen LogP contribution in [0.3, 0.4) is 0 Å². The molecule has 0 aromatic heterocycles. The van der Waals surface area contributed by atoms with Gasteiger partial charge in [-0.2, -0.15) is 0 Å². The Hall–Kier alpha value is -3.31. The van der Waals surface area contributed by atoms with Crippen LogP contribution in [0.4, 0.5) is 0 Å². The highest BCUT2D eigenvalue weighted by Crippen LogP contribution is 2.32. The number of likely N-dealkylation sites (tertiary alicyclic amines) is 1. The van der Waals surface area contributed by atoms with Crippen LogP contribution in [-0.4, -0.2) is 127 Å². The zero-order chi connectivity index (χ0) is 41.0. The summed E-state index contributed by atoms with van der Waals surface area (Å²) in [6.45, 7) is 17.6. The summed E-state index contributed by atoms with van der Waals surface area (Å²) in [6.07, 6.45) is 3.70. The number of rotatable bonds is 20. The average molecular weight is 769 g/mol. The minimum absolute atomic E-state index is 0.00301. The molecule has 0 unspecified atom stereocenters. The summed E-state index contributed by atoms with van der Waals surface area (Å²) in [5, 5.41) is 0. The second-order valence-corrected chi connectivity index (χ2v) is 16.7. The minimum Gasteiger partial charge on any atom is -0.379 e. The number of amides is 4. The number of carbonyl (C=O) groups is 5. The van der Waals surface area contributed by atoms with E-state index in [4.69, 9.17) is 9.47 Å². The van der Waals surface area contributed by atoms with Gasteiger partial charge in [0.1, 0.15) is 5.78 Å². The van der Waals surface area contributed by atoms with E-state index in [-0.39, 0.29) is 78.0 Å². The second-order valence-electron chi connectivity index (χ2n) is 16.7. The molecule has 9 atom stereocenters. The van der Waals surface area contributed by atoms with E-state index in [1.54, 1.807) is 42.9 Å². The Morgan fingerprint density at radius 3 is 2.05 bits per heavy atom. The maximum absolute atomic E-state index is 14.4. The summed E-state index contributed by atoms with van der Waals surface area (Å²) in [5.74, 6) is -0.927. The average Bonchev–Trinajstić information content (AvgIpc) is 3.65. The van der Waals surface area contributed by atoms with Crippen molar-refractivity contribution in [2.24, 2.45) is 29.6 Å². The van der Waals surface area contributed by atoms with E-state index in [9.17, 15) is 24.0 Å². The van der Waals surface area contributed by atoms with Gasteiger partial charge < -0.3 is 29.1 Å². The van der Waals surface area contributed by atoms with Gasteiger partial charge >= 0.3 is 0 Å². The van der Waals surface area contributed by atoms with Crippen molar-refractivity contribution in [1.29, 1.82) is 0 Å². The second kappa shape index (κ2) is 21.8. The molecule has 2 aliphatic heterocycles. The lowest BCUT2D eigenvalue weighted by atomic mass is 9.84. The Labute approximate surface area is 331 Å². The molecule has 0 saturated carbocycles. The van der Waals surface area contributed by atoms with Crippen molar-refractivity contribution >= 4 is 29.4 Å². The molecule has 2 saturated heterocycles. The molecule has 11 nitrogen and oxygen atoms in total.